The average Bonchev–Trinajstić information content (AvgIpc) is 2.60. The highest BCUT2D eigenvalue weighted by Crippen LogP contribution is 2.39. The molecule has 0 saturated heterocycles. The van der Waals surface area contributed by atoms with E-state index in [2.05, 4.69) is 35.4 Å². The topological polar surface area (TPSA) is 103 Å². The van der Waals surface area contributed by atoms with Crippen molar-refractivity contribution in [2.75, 3.05) is 20.5 Å². The van der Waals surface area contributed by atoms with E-state index in [0.29, 0.717) is 0 Å². The van der Waals surface area contributed by atoms with Gasteiger partial charge in [0.25, 0.3) is 10.1 Å². The number of aliphatic imine (C=N–C) groups is 1. The first kappa shape index (κ1) is 21.6. The van der Waals surface area contributed by atoms with Gasteiger partial charge in [-0.2, -0.15) is 12.7 Å². The number of hydrogen-bond donors (Lipinski definition) is 1. The van der Waals surface area contributed by atoms with Crippen LogP contribution in [0.3, 0.4) is 0 Å². The van der Waals surface area contributed by atoms with Gasteiger partial charge in [-0.1, -0.05) is 17.7 Å². The minimum Gasteiger partial charge on any atom is -0.492 e. The van der Waals surface area contributed by atoms with Gasteiger partial charge >= 0.3 is 5.97 Å². The Kier molecular flexibility index (Phi) is 6.84. The van der Waals surface area contributed by atoms with Crippen LogP contribution in [0.25, 0.3) is 0 Å². The van der Waals surface area contributed by atoms with Crippen LogP contribution in [-0.4, -0.2) is 40.6 Å². The van der Waals surface area contributed by atoms with Crippen molar-refractivity contribution in [1.82, 2.24) is 5.48 Å². The summed E-state index contributed by atoms with van der Waals surface area (Å²) in [5.74, 6) is -1.71. The molecule has 1 unspecified atom stereocenters. The summed E-state index contributed by atoms with van der Waals surface area (Å²) in [6.07, 6.45) is 0.839. The van der Waals surface area contributed by atoms with Crippen LogP contribution in [-0.2, 0) is 23.9 Å². The van der Waals surface area contributed by atoms with Crippen LogP contribution in [0, 0.1) is 5.82 Å². The summed E-state index contributed by atoms with van der Waals surface area (Å²) in [5.41, 5.74) is 2.35. The zero-order valence-electron chi connectivity index (χ0n) is 14.4. The summed E-state index contributed by atoms with van der Waals surface area (Å²) in [6, 6.07) is 1.94. The molecular formula is C15H15BrClFN2O6S. The van der Waals surface area contributed by atoms with Gasteiger partial charge in [0.05, 0.1) is 41.7 Å². The summed E-state index contributed by atoms with van der Waals surface area (Å²) >= 11 is 9.06. The minimum atomic E-state index is -3.83. The molecule has 1 N–H and O–H groups in total. The van der Waals surface area contributed by atoms with E-state index in [1.165, 1.54) is 19.2 Å². The van der Waals surface area contributed by atoms with Gasteiger partial charge in [-0.05, 0) is 22.0 Å². The second-order valence-electron chi connectivity index (χ2n) is 5.36. The second-order valence-corrected chi connectivity index (χ2v) is 8.13. The smallest absolute Gasteiger partial charge is 0.357 e. The van der Waals surface area contributed by atoms with Crippen LogP contribution >= 0.6 is 27.5 Å². The lowest BCUT2D eigenvalue weighted by atomic mass is 9.98. The van der Waals surface area contributed by atoms with Crippen molar-refractivity contribution in [3.63, 3.8) is 0 Å². The predicted octanol–water partition coefficient (Wildman–Crippen LogP) is 2.63. The fourth-order valence-electron chi connectivity index (χ4n) is 2.31. The number of hydrogen-bond acceptors (Lipinski definition) is 8. The Bertz CT molecular complexity index is 934. The summed E-state index contributed by atoms with van der Waals surface area (Å²) in [6.45, 7) is 0. The Balaban J connectivity index is 2.50. The van der Waals surface area contributed by atoms with Crippen molar-refractivity contribution in [2.24, 2.45) is 4.99 Å². The molecule has 0 saturated carbocycles. The molecule has 0 fully saturated rings. The SMILES string of the molecule is COC(=O)C1=NC(c2ccc(Cl)c(OC)c2F)CC(NOS(C)(=O)=O)=C1Br. The molecule has 2 rings (SSSR count). The van der Waals surface area contributed by atoms with E-state index < -0.39 is 27.9 Å². The van der Waals surface area contributed by atoms with Gasteiger partial charge in [0, 0.05) is 12.0 Å². The predicted molar refractivity (Wildman–Crippen MR) is 99.8 cm³/mol. The molecule has 0 spiro atoms. The number of halogens is 3. The quantitative estimate of drug-likeness (QED) is 0.488. The van der Waals surface area contributed by atoms with Crippen molar-refractivity contribution in [3.05, 3.63) is 38.7 Å². The number of esters is 1. The number of ether oxygens (including phenoxy) is 2. The zero-order chi connectivity index (χ0) is 20.4. The van der Waals surface area contributed by atoms with Crippen LogP contribution in [0.2, 0.25) is 5.02 Å². The molecule has 1 atom stereocenters. The van der Waals surface area contributed by atoms with E-state index in [-0.39, 0.29) is 38.6 Å². The van der Waals surface area contributed by atoms with E-state index in [1.807, 2.05) is 0 Å². The van der Waals surface area contributed by atoms with Crippen molar-refractivity contribution < 1.29 is 31.4 Å². The summed E-state index contributed by atoms with van der Waals surface area (Å²) in [5, 5.41) is 0.0715. The molecule has 8 nitrogen and oxygen atoms in total. The third-order valence-electron chi connectivity index (χ3n) is 3.49. The second kappa shape index (κ2) is 8.55. The van der Waals surface area contributed by atoms with Crippen LogP contribution in [0.15, 0.2) is 27.3 Å². The minimum absolute atomic E-state index is 0.00168. The molecule has 27 heavy (non-hydrogen) atoms. The van der Waals surface area contributed by atoms with Crippen LogP contribution in [0.4, 0.5) is 4.39 Å². The molecule has 0 bridgehead atoms. The Hall–Kier alpha value is -1.69. The van der Waals surface area contributed by atoms with Gasteiger partial charge in [-0.15, -0.1) is 0 Å². The molecule has 1 aromatic carbocycles. The fourth-order valence-corrected chi connectivity index (χ4v) is 3.29. The van der Waals surface area contributed by atoms with Crippen molar-refractivity contribution in [3.8, 4) is 5.75 Å². The summed E-state index contributed by atoms with van der Waals surface area (Å²) in [4.78, 5) is 16.2. The van der Waals surface area contributed by atoms with Gasteiger partial charge < -0.3 is 9.47 Å². The summed E-state index contributed by atoms with van der Waals surface area (Å²) in [7, 11) is -1.41. The number of nitrogens with zero attached hydrogens (tertiary/aromatic N) is 1. The van der Waals surface area contributed by atoms with Crippen LogP contribution in [0.1, 0.15) is 18.0 Å². The molecule has 0 radical (unpaired) electrons. The number of nitrogens with one attached hydrogen (secondary N) is 1. The lowest BCUT2D eigenvalue weighted by Gasteiger charge is -2.24. The van der Waals surface area contributed by atoms with Gasteiger partial charge in [-0.25, -0.2) is 9.18 Å². The maximum atomic E-state index is 14.8. The Morgan fingerprint density at radius 2 is 2.07 bits per heavy atom. The molecule has 0 aromatic heterocycles. The zero-order valence-corrected chi connectivity index (χ0v) is 17.5. The molecular weight excluding hydrogens is 471 g/mol. The number of rotatable bonds is 6. The maximum Gasteiger partial charge on any atom is 0.357 e. The van der Waals surface area contributed by atoms with Gasteiger partial charge in [0.1, 0.15) is 0 Å². The highest BCUT2D eigenvalue weighted by atomic mass is 79.9. The average molecular weight is 486 g/mol. The molecule has 148 valence electrons. The number of dihydropyridines is 1. The third kappa shape index (κ3) is 4.98. The third-order valence-corrected chi connectivity index (χ3v) is 5.03. The number of carbonyl (C=O) groups excluding carboxylic acids is 1. The van der Waals surface area contributed by atoms with E-state index in [0.717, 1.165) is 13.4 Å². The lowest BCUT2D eigenvalue weighted by molar-refractivity contribution is -0.132. The van der Waals surface area contributed by atoms with Crippen molar-refractivity contribution >= 4 is 49.3 Å². The molecule has 1 aliphatic heterocycles. The fraction of sp³-hybridized carbons (Fsp3) is 0.333. The molecule has 12 heteroatoms. The standard InChI is InChI=1S/C15H15BrClFN2O6S/c1-24-14-8(17)5-4-7(12(14)18)9-6-10(20-26-27(3,22)23)11(16)13(19-9)15(21)25-2/h4-5,9,20H,6H2,1-3H3. The highest BCUT2D eigenvalue weighted by Gasteiger charge is 2.31. The number of benzene rings is 1. The number of carbonyl (C=O) groups is 1. The Morgan fingerprint density at radius 1 is 1.41 bits per heavy atom. The molecule has 1 aliphatic rings. The largest absolute Gasteiger partial charge is 0.492 e. The highest BCUT2D eigenvalue weighted by molar-refractivity contribution is 9.12. The van der Waals surface area contributed by atoms with E-state index >= 15 is 0 Å². The van der Waals surface area contributed by atoms with Gasteiger partial charge in [-0.3, -0.25) is 10.5 Å². The van der Waals surface area contributed by atoms with Gasteiger partial charge in [0.15, 0.2) is 17.3 Å². The van der Waals surface area contributed by atoms with E-state index in [9.17, 15) is 17.6 Å². The molecule has 0 amide bonds. The Morgan fingerprint density at radius 3 is 2.63 bits per heavy atom. The first-order valence-electron chi connectivity index (χ1n) is 7.30. The maximum absolute atomic E-state index is 14.8. The van der Waals surface area contributed by atoms with E-state index in [1.54, 1.807) is 0 Å². The van der Waals surface area contributed by atoms with Crippen LogP contribution < -0.4 is 10.2 Å². The summed E-state index contributed by atoms with van der Waals surface area (Å²) < 4.78 is 51.6. The first-order chi connectivity index (χ1) is 12.6. The first-order valence-corrected chi connectivity index (χ1v) is 10.3. The molecule has 0 aliphatic carbocycles. The van der Waals surface area contributed by atoms with Crippen LogP contribution in [0.5, 0.6) is 5.75 Å². The Labute approximate surface area is 168 Å². The number of methoxy groups -OCH3 is 2. The van der Waals surface area contributed by atoms with Crippen molar-refractivity contribution in [2.45, 2.75) is 12.5 Å². The monoisotopic (exact) mass is 484 g/mol. The number of hydroxylamine groups is 1. The molecule has 1 aromatic rings. The lowest BCUT2D eigenvalue weighted by Crippen LogP contribution is -2.29. The van der Waals surface area contributed by atoms with Crippen molar-refractivity contribution in [1.29, 1.82) is 0 Å². The van der Waals surface area contributed by atoms with E-state index in [4.69, 9.17) is 16.3 Å². The normalized spacial score (nSPS) is 17.4. The molecule has 1 heterocycles. The van der Waals surface area contributed by atoms with Gasteiger partial charge in [0.2, 0.25) is 0 Å².